The van der Waals surface area contributed by atoms with Crippen LogP contribution in [-0.4, -0.2) is 47.4 Å². The zero-order valence-electron chi connectivity index (χ0n) is 15.3. The number of amides is 2. The SMILES string of the molecule is O=C(Nc1ccc(N2CCCC2)cn1)C1CCCN1C(=O)Cc1cccs1. The molecule has 142 valence electrons. The molecular formula is C20H24N4O2S. The third kappa shape index (κ3) is 4.13. The number of hydrogen-bond acceptors (Lipinski definition) is 5. The number of anilines is 2. The lowest BCUT2D eigenvalue weighted by Crippen LogP contribution is -2.43. The molecule has 2 aromatic heterocycles. The summed E-state index contributed by atoms with van der Waals surface area (Å²) in [4.78, 5) is 34.8. The summed E-state index contributed by atoms with van der Waals surface area (Å²) in [6.45, 7) is 2.77. The van der Waals surface area contributed by atoms with Gasteiger partial charge in [-0.25, -0.2) is 4.98 Å². The maximum Gasteiger partial charge on any atom is 0.248 e. The van der Waals surface area contributed by atoms with Crippen LogP contribution >= 0.6 is 11.3 Å². The van der Waals surface area contributed by atoms with E-state index in [0.29, 0.717) is 25.2 Å². The molecule has 2 saturated heterocycles. The molecule has 0 radical (unpaired) electrons. The van der Waals surface area contributed by atoms with E-state index in [-0.39, 0.29) is 11.8 Å². The lowest BCUT2D eigenvalue weighted by molar-refractivity contribution is -0.136. The minimum atomic E-state index is -0.405. The third-order valence-electron chi connectivity index (χ3n) is 5.25. The van der Waals surface area contributed by atoms with E-state index in [1.807, 2.05) is 35.8 Å². The molecule has 2 aromatic rings. The van der Waals surface area contributed by atoms with Gasteiger partial charge in [-0.05, 0) is 49.3 Å². The Bertz CT molecular complexity index is 785. The average Bonchev–Trinajstić information content (AvgIpc) is 3.43. The quantitative estimate of drug-likeness (QED) is 0.861. The zero-order chi connectivity index (χ0) is 18.6. The predicted molar refractivity (Wildman–Crippen MR) is 107 cm³/mol. The summed E-state index contributed by atoms with van der Waals surface area (Å²) >= 11 is 1.57. The second-order valence-corrected chi connectivity index (χ2v) is 8.12. The molecule has 2 fully saturated rings. The minimum absolute atomic E-state index is 0.0208. The van der Waals surface area contributed by atoms with E-state index < -0.39 is 6.04 Å². The first-order valence-electron chi connectivity index (χ1n) is 9.54. The Labute approximate surface area is 163 Å². The standard InChI is InChI=1S/C20H24N4O2S/c25-19(13-16-5-4-12-27-16)24-11-3-6-17(24)20(26)22-18-8-7-15(14-21-18)23-9-1-2-10-23/h4-5,7-8,12,14,17H,1-3,6,9-11,13H2,(H,21,22,26). The van der Waals surface area contributed by atoms with Crippen molar-refractivity contribution in [1.82, 2.24) is 9.88 Å². The summed E-state index contributed by atoms with van der Waals surface area (Å²) in [7, 11) is 0. The maximum absolute atomic E-state index is 12.7. The van der Waals surface area contributed by atoms with E-state index in [4.69, 9.17) is 0 Å². The molecule has 1 unspecified atom stereocenters. The number of likely N-dealkylation sites (tertiary alicyclic amines) is 1. The molecular weight excluding hydrogens is 360 g/mol. The van der Waals surface area contributed by atoms with Crippen LogP contribution in [0.25, 0.3) is 0 Å². The van der Waals surface area contributed by atoms with Crippen molar-refractivity contribution in [2.24, 2.45) is 0 Å². The fourth-order valence-corrected chi connectivity index (χ4v) is 4.53. The normalized spacial score (nSPS) is 19.5. The summed E-state index contributed by atoms with van der Waals surface area (Å²) in [5.74, 6) is 0.418. The van der Waals surface area contributed by atoms with E-state index >= 15 is 0 Å². The van der Waals surface area contributed by atoms with Crippen molar-refractivity contribution in [2.45, 2.75) is 38.1 Å². The molecule has 0 saturated carbocycles. The van der Waals surface area contributed by atoms with Crippen LogP contribution in [0.3, 0.4) is 0 Å². The van der Waals surface area contributed by atoms with Gasteiger partial charge in [0.25, 0.3) is 0 Å². The molecule has 0 bridgehead atoms. The molecule has 0 aromatic carbocycles. The van der Waals surface area contributed by atoms with Crippen LogP contribution in [-0.2, 0) is 16.0 Å². The second-order valence-electron chi connectivity index (χ2n) is 7.09. The molecule has 6 nitrogen and oxygen atoms in total. The Balaban J connectivity index is 1.37. The summed E-state index contributed by atoms with van der Waals surface area (Å²) in [6.07, 6.45) is 6.17. The maximum atomic E-state index is 12.7. The minimum Gasteiger partial charge on any atom is -0.370 e. The van der Waals surface area contributed by atoms with Gasteiger partial charge in [0.15, 0.2) is 0 Å². The van der Waals surface area contributed by atoms with Gasteiger partial charge in [-0.15, -0.1) is 11.3 Å². The van der Waals surface area contributed by atoms with Crippen molar-refractivity contribution in [2.75, 3.05) is 29.9 Å². The molecule has 27 heavy (non-hydrogen) atoms. The molecule has 2 aliphatic rings. The van der Waals surface area contributed by atoms with Gasteiger partial charge < -0.3 is 15.1 Å². The Morgan fingerprint density at radius 2 is 2.00 bits per heavy atom. The van der Waals surface area contributed by atoms with Gasteiger partial charge >= 0.3 is 0 Å². The van der Waals surface area contributed by atoms with Gasteiger partial charge in [0, 0.05) is 24.5 Å². The van der Waals surface area contributed by atoms with E-state index in [1.54, 1.807) is 16.2 Å². The molecule has 1 N–H and O–H groups in total. The smallest absolute Gasteiger partial charge is 0.248 e. The molecule has 0 aliphatic carbocycles. The van der Waals surface area contributed by atoms with Crippen molar-refractivity contribution in [3.05, 3.63) is 40.7 Å². The zero-order valence-corrected chi connectivity index (χ0v) is 16.1. The molecule has 4 heterocycles. The van der Waals surface area contributed by atoms with Crippen LogP contribution in [0, 0.1) is 0 Å². The fourth-order valence-electron chi connectivity index (χ4n) is 3.83. The number of carbonyl (C=O) groups is 2. The first-order chi connectivity index (χ1) is 13.2. The number of hydrogen-bond donors (Lipinski definition) is 1. The molecule has 4 rings (SSSR count). The van der Waals surface area contributed by atoms with Crippen LogP contribution in [0.2, 0.25) is 0 Å². The van der Waals surface area contributed by atoms with Crippen LogP contribution in [0.5, 0.6) is 0 Å². The van der Waals surface area contributed by atoms with E-state index in [1.165, 1.54) is 12.8 Å². The van der Waals surface area contributed by atoms with Crippen molar-refractivity contribution in [1.29, 1.82) is 0 Å². The first kappa shape index (κ1) is 18.0. The monoisotopic (exact) mass is 384 g/mol. The molecule has 7 heteroatoms. The van der Waals surface area contributed by atoms with Crippen LogP contribution in [0.1, 0.15) is 30.6 Å². The number of nitrogens with zero attached hydrogens (tertiary/aromatic N) is 3. The van der Waals surface area contributed by atoms with Crippen molar-refractivity contribution >= 4 is 34.7 Å². The molecule has 2 aliphatic heterocycles. The largest absolute Gasteiger partial charge is 0.370 e. The lowest BCUT2D eigenvalue weighted by Gasteiger charge is -2.24. The number of nitrogens with one attached hydrogen (secondary N) is 1. The summed E-state index contributed by atoms with van der Waals surface area (Å²) in [5, 5.41) is 4.85. The highest BCUT2D eigenvalue weighted by molar-refractivity contribution is 7.10. The summed E-state index contributed by atoms with van der Waals surface area (Å²) < 4.78 is 0. The summed E-state index contributed by atoms with van der Waals surface area (Å²) in [5.41, 5.74) is 1.10. The lowest BCUT2D eigenvalue weighted by atomic mass is 10.2. The number of rotatable bonds is 5. The Morgan fingerprint density at radius 3 is 2.70 bits per heavy atom. The van der Waals surface area contributed by atoms with Crippen molar-refractivity contribution in [3.63, 3.8) is 0 Å². The van der Waals surface area contributed by atoms with E-state index in [2.05, 4.69) is 15.2 Å². The van der Waals surface area contributed by atoms with Crippen molar-refractivity contribution < 1.29 is 9.59 Å². The molecule has 1 atom stereocenters. The first-order valence-corrected chi connectivity index (χ1v) is 10.4. The molecule has 0 spiro atoms. The second kappa shape index (κ2) is 8.08. The van der Waals surface area contributed by atoms with Gasteiger partial charge in [-0.3, -0.25) is 9.59 Å². The highest BCUT2D eigenvalue weighted by atomic mass is 32.1. The number of pyridine rings is 1. The van der Waals surface area contributed by atoms with Crippen LogP contribution < -0.4 is 10.2 Å². The van der Waals surface area contributed by atoms with E-state index in [0.717, 1.165) is 30.1 Å². The topological polar surface area (TPSA) is 65.5 Å². The number of carbonyl (C=O) groups excluding carboxylic acids is 2. The third-order valence-corrected chi connectivity index (χ3v) is 6.13. The van der Waals surface area contributed by atoms with Gasteiger partial charge in [-0.2, -0.15) is 0 Å². The van der Waals surface area contributed by atoms with Crippen LogP contribution in [0.4, 0.5) is 11.5 Å². The van der Waals surface area contributed by atoms with Gasteiger partial charge in [0.05, 0.1) is 18.3 Å². The summed E-state index contributed by atoms with van der Waals surface area (Å²) in [6, 6.07) is 7.34. The van der Waals surface area contributed by atoms with E-state index in [9.17, 15) is 9.59 Å². The van der Waals surface area contributed by atoms with Gasteiger partial charge in [0.2, 0.25) is 11.8 Å². The fraction of sp³-hybridized carbons (Fsp3) is 0.450. The van der Waals surface area contributed by atoms with Gasteiger partial charge in [-0.1, -0.05) is 6.07 Å². The Hall–Kier alpha value is -2.41. The molecule has 2 amide bonds. The Kier molecular flexibility index (Phi) is 5.38. The highest BCUT2D eigenvalue weighted by Gasteiger charge is 2.34. The number of thiophene rings is 1. The average molecular weight is 385 g/mol. The highest BCUT2D eigenvalue weighted by Crippen LogP contribution is 2.23. The van der Waals surface area contributed by atoms with Crippen molar-refractivity contribution in [3.8, 4) is 0 Å². The van der Waals surface area contributed by atoms with Gasteiger partial charge in [0.1, 0.15) is 11.9 Å². The predicted octanol–water partition coefficient (Wildman–Crippen LogP) is 2.92. The van der Waals surface area contributed by atoms with Crippen LogP contribution in [0.15, 0.2) is 35.8 Å². The number of aromatic nitrogens is 1. The Morgan fingerprint density at radius 1 is 1.15 bits per heavy atom.